The van der Waals surface area contributed by atoms with Gasteiger partial charge in [0.25, 0.3) is 5.91 Å². The van der Waals surface area contributed by atoms with Crippen molar-refractivity contribution in [3.63, 3.8) is 0 Å². The third kappa shape index (κ3) is 4.29. The summed E-state index contributed by atoms with van der Waals surface area (Å²) in [5.41, 5.74) is 1.56. The van der Waals surface area contributed by atoms with Crippen LogP contribution in [0, 0.1) is 0 Å². The van der Waals surface area contributed by atoms with Gasteiger partial charge in [-0.1, -0.05) is 30.3 Å². The Morgan fingerprint density at radius 2 is 1.84 bits per heavy atom. The number of hydrogen-bond donors (Lipinski definition) is 1. The highest BCUT2D eigenvalue weighted by atomic mass is 16.7. The molecular formula is C19H20N2O4. The molecule has 6 nitrogen and oxygen atoms in total. The van der Waals surface area contributed by atoms with E-state index in [1.54, 1.807) is 23.1 Å². The lowest BCUT2D eigenvalue weighted by molar-refractivity contribution is -0.129. The van der Waals surface area contributed by atoms with Crippen LogP contribution in [0.3, 0.4) is 0 Å². The summed E-state index contributed by atoms with van der Waals surface area (Å²) in [7, 11) is 0. The van der Waals surface area contributed by atoms with E-state index in [4.69, 9.17) is 9.47 Å². The van der Waals surface area contributed by atoms with Crippen LogP contribution in [0.15, 0.2) is 48.5 Å². The Hall–Kier alpha value is -3.02. The number of carbonyl (C=O) groups excluding carboxylic acids is 2. The predicted molar refractivity (Wildman–Crippen MR) is 92.4 cm³/mol. The molecule has 25 heavy (non-hydrogen) atoms. The minimum atomic E-state index is -0.207. The van der Waals surface area contributed by atoms with Gasteiger partial charge in [0.2, 0.25) is 12.7 Å². The fourth-order valence-corrected chi connectivity index (χ4v) is 2.60. The maximum absolute atomic E-state index is 12.2. The topological polar surface area (TPSA) is 67.9 Å². The fraction of sp³-hybridized carbons (Fsp3) is 0.263. The number of benzene rings is 2. The molecule has 2 amide bonds. The van der Waals surface area contributed by atoms with Crippen LogP contribution >= 0.6 is 0 Å². The molecule has 0 aromatic heterocycles. The van der Waals surface area contributed by atoms with Crippen molar-refractivity contribution < 1.29 is 19.1 Å². The molecule has 2 aromatic carbocycles. The molecule has 0 atom stereocenters. The molecule has 0 saturated carbocycles. The number of nitrogens with zero attached hydrogens (tertiary/aromatic N) is 1. The Bertz CT molecular complexity index is 761. The van der Waals surface area contributed by atoms with Gasteiger partial charge in [0, 0.05) is 32.1 Å². The van der Waals surface area contributed by atoms with Crippen LogP contribution in [0.25, 0.3) is 0 Å². The van der Waals surface area contributed by atoms with E-state index >= 15 is 0 Å². The predicted octanol–water partition coefficient (Wildman–Crippen LogP) is 2.19. The average Bonchev–Trinajstić information content (AvgIpc) is 3.09. The molecule has 3 rings (SSSR count). The van der Waals surface area contributed by atoms with Crippen LogP contribution in [0.4, 0.5) is 0 Å². The maximum atomic E-state index is 12.2. The number of carbonyl (C=O) groups is 2. The van der Waals surface area contributed by atoms with Crippen molar-refractivity contribution in [1.29, 1.82) is 0 Å². The van der Waals surface area contributed by atoms with E-state index in [1.807, 2.05) is 30.3 Å². The Labute approximate surface area is 146 Å². The van der Waals surface area contributed by atoms with Gasteiger partial charge in [0.05, 0.1) is 0 Å². The summed E-state index contributed by atoms with van der Waals surface area (Å²) in [5, 5.41) is 2.83. The quantitative estimate of drug-likeness (QED) is 0.875. The molecular weight excluding hydrogens is 320 g/mol. The minimum absolute atomic E-state index is 0.0267. The highest BCUT2D eigenvalue weighted by molar-refractivity contribution is 5.94. The van der Waals surface area contributed by atoms with E-state index in [-0.39, 0.29) is 18.6 Å². The third-order valence-corrected chi connectivity index (χ3v) is 3.96. The molecule has 0 saturated heterocycles. The van der Waals surface area contributed by atoms with Crippen molar-refractivity contribution in [2.45, 2.75) is 13.5 Å². The van der Waals surface area contributed by atoms with Crippen molar-refractivity contribution in [3.8, 4) is 11.5 Å². The first kappa shape index (κ1) is 16.8. The standard InChI is InChI=1S/C19H20N2O4/c1-14(22)21(12-15-5-3-2-4-6-15)10-9-20-19(23)16-7-8-17-18(11-16)25-13-24-17/h2-8,11H,9-10,12-13H2,1H3,(H,20,23). The first-order valence-electron chi connectivity index (χ1n) is 8.11. The van der Waals surface area contributed by atoms with Crippen LogP contribution in [-0.2, 0) is 11.3 Å². The molecule has 0 spiro atoms. The summed E-state index contributed by atoms with van der Waals surface area (Å²) in [6, 6.07) is 14.8. The van der Waals surface area contributed by atoms with Crippen molar-refractivity contribution in [2.75, 3.05) is 19.9 Å². The Morgan fingerprint density at radius 3 is 2.60 bits per heavy atom. The van der Waals surface area contributed by atoms with E-state index in [9.17, 15) is 9.59 Å². The van der Waals surface area contributed by atoms with Crippen LogP contribution in [0.1, 0.15) is 22.8 Å². The zero-order chi connectivity index (χ0) is 17.6. The van der Waals surface area contributed by atoms with Gasteiger partial charge in [-0.25, -0.2) is 0 Å². The van der Waals surface area contributed by atoms with E-state index in [0.717, 1.165) is 5.56 Å². The highest BCUT2D eigenvalue weighted by Crippen LogP contribution is 2.32. The monoisotopic (exact) mass is 340 g/mol. The second-order valence-corrected chi connectivity index (χ2v) is 5.75. The fourth-order valence-electron chi connectivity index (χ4n) is 2.60. The molecule has 0 fully saturated rings. The summed E-state index contributed by atoms with van der Waals surface area (Å²) in [6.45, 7) is 3.05. The number of nitrogens with one attached hydrogen (secondary N) is 1. The Kier molecular flexibility index (Phi) is 5.18. The van der Waals surface area contributed by atoms with Crippen LogP contribution < -0.4 is 14.8 Å². The lowest BCUT2D eigenvalue weighted by Crippen LogP contribution is -2.37. The lowest BCUT2D eigenvalue weighted by atomic mass is 10.2. The van der Waals surface area contributed by atoms with E-state index in [0.29, 0.717) is 36.7 Å². The van der Waals surface area contributed by atoms with Crippen molar-refractivity contribution in [3.05, 3.63) is 59.7 Å². The minimum Gasteiger partial charge on any atom is -0.454 e. The van der Waals surface area contributed by atoms with E-state index in [1.165, 1.54) is 6.92 Å². The Balaban J connectivity index is 1.53. The van der Waals surface area contributed by atoms with Crippen molar-refractivity contribution in [2.24, 2.45) is 0 Å². The zero-order valence-electron chi connectivity index (χ0n) is 14.0. The highest BCUT2D eigenvalue weighted by Gasteiger charge is 2.16. The van der Waals surface area contributed by atoms with Gasteiger partial charge in [0.15, 0.2) is 11.5 Å². The molecule has 1 N–H and O–H groups in total. The van der Waals surface area contributed by atoms with Crippen molar-refractivity contribution >= 4 is 11.8 Å². The van der Waals surface area contributed by atoms with E-state index in [2.05, 4.69) is 5.32 Å². The maximum Gasteiger partial charge on any atom is 0.251 e. The second kappa shape index (κ2) is 7.70. The van der Waals surface area contributed by atoms with Crippen LogP contribution in [0.2, 0.25) is 0 Å². The zero-order valence-corrected chi connectivity index (χ0v) is 14.0. The largest absolute Gasteiger partial charge is 0.454 e. The number of amides is 2. The molecule has 1 heterocycles. The number of hydrogen-bond acceptors (Lipinski definition) is 4. The molecule has 1 aliphatic heterocycles. The summed E-state index contributed by atoms with van der Waals surface area (Å²) in [5.74, 6) is 0.979. The number of rotatable bonds is 6. The van der Waals surface area contributed by atoms with Gasteiger partial charge in [0.1, 0.15) is 0 Å². The van der Waals surface area contributed by atoms with Crippen molar-refractivity contribution in [1.82, 2.24) is 10.2 Å². The SMILES string of the molecule is CC(=O)N(CCNC(=O)c1ccc2c(c1)OCO2)Cc1ccccc1. The molecule has 0 aliphatic carbocycles. The number of ether oxygens (including phenoxy) is 2. The second-order valence-electron chi connectivity index (χ2n) is 5.75. The first-order chi connectivity index (χ1) is 12.1. The first-order valence-corrected chi connectivity index (χ1v) is 8.11. The molecule has 2 aromatic rings. The molecule has 0 unspecified atom stereocenters. The van der Waals surface area contributed by atoms with Gasteiger partial charge in [-0.3, -0.25) is 9.59 Å². The third-order valence-electron chi connectivity index (χ3n) is 3.96. The van der Waals surface area contributed by atoms with Gasteiger partial charge < -0.3 is 19.7 Å². The molecule has 130 valence electrons. The van der Waals surface area contributed by atoms with Gasteiger partial charge in [-0.15, -0.1) is 0 Å². The van der Waals surface area contributed by atoms with Gasteiger partial charge >= 0.3 is 0 Å². The number of fused-ring (bicyclic) bond motifs is 1. The molecule has 1 aliphatic rings. The summed E-state index contributed by atoms with van der Waals surface area (Å²) in [6.07, 6.45) is 0. The summed E-state index contributed by atoms with van der Waals surface area (Å²) >= 11 is 0. The summed E-state index contributed by atoms with van der Waals surface area (Å²) < 4.78 is 10.5. The van der Waals surface area contributed by atoms with E-state index < -0.39 is 0 Å². The average molecular weight is 340 g/mol. The lowest BCUT2D eigenvalue weighted by Gasteiger charge is -2.21. The molecule has 6 heteroatoms. The van der Waals surface area contributed by atoms with Crippen LogP contribution in [-0.4, -0.2) is 36.6 Å². The van der Waals surface area contributed by atoms with Gasteiger partial charge in [-0.2, -0.15) is 0 Å². The molecule has 0 bridgehead atoms. The molecule has 0 radical (unpaired) electrons. The van der Waals surface area contributed by atoms with Gasteiger partial charge in [-0.05, 0) is 23.8 Å². The van der Waals surface area contributed by atoms with Crippen LogP contribution in [0.5, 0.6) is 11.5 Å². The summed E-state index contributed by atoms with van der Waals surface area (Å²) in [4.78, 5) is 25.8. The Morgan fingerprint density at radius 1 is 1.08 bits per heavy atom. The normalized spacial score (nSPS) is 11.9. The smallest absolute Gasteiger partial charge is 0.251 e.